The van der Waals surface area contributed by atoms with E-state index in [9.17, 15) is 47.9 Å². The molecule has 8 saturated carbocycles. The number of carbonyl (C=O) groups is 10. The Morgan fingerprint density at radius 3 is 1.10 bits per heavy atom. The van der Waals surface area contributed by atoms with Crippen LogP contribution >= 0.6 is 0 Å². The van der Waals surface area contributed by atoms with Gasteiger partial charge in [0.15, 0.2) is 13.2 Å². The molecule has 20 heteroatoms. The number of hydrogen-bond donors (Lipinski definition) is 0. The Balaban J connectivity index is 0.000000117. The SMILES string of the molecule is C=C(C)C(=O)OC1C2CC3C(=O)OC1C3C2.C=C(C)C(=O)OCC(=O)OC1C2CC3C(=O)OC1C3C2.C=CC(=O)OC1C2CC3C(=O)OC1C3C2.C=CC(=O)OCC(=O)OC1C2CC3C(=O)OC1C3C2. The van der Waals surface area contributed by atoms with E-state index in [1.54, 1.807) is 6.92 Å². The molecule has 8 aliphatic carbocycles. The van der Waals surface area contributed by atoms with E-state index < -0.39 is 49.2 Å². The minimum atomic E-state index is -0.669. The molecule has 0 radical (unpaired) electrons. The van der Waals surface area contributed by atoms with Crippen molar-refractivity contribution in [3.63, 3.8) is 0 Å². The van der Waals surface area contributed by atoms with Gasteiger partial charge in [0.2, 0.25) is 0 Å². The number of fused-ring (bicyclic) bond motifs is 4. The Bertz CT molecular complexity index is 2320. The van der Waals surface area contributed by atoms with E-state index in [4.69, 9.17) is 42.6 Å². The summed E-state index contributed by atoms with van der Waals surface area (Å²) in [4.78, 5) is 114. The summed E-state index contributed by atoms with van der Waals surface area (Å²) in [6.07, 6.45) is 6.60. The molecule has 4 saturated heterocycles. The quantitative estimate of drug-likeness (QED) is 0.155. The van der Waals surface area contributed by atoms with Crippen LogP contribution in [0.15, 0.2) is 49.6 Å². The lowest BCUT2D eigenvalue weighted by atomic mass is 9.88. The Labute approximate surface area is 402 Å². The van der Waals surface area contributed by atoms with Crippen LogP contribution < -0.4 is 0 Å². The summed E-state index contributed by atoms with van der Waals surface area (Å²) in [7, 11) is 0. The van der Waals surface area contributed by atoms with E-state index in [1.165, 1.54) is 6.92 Å². The zero-order chi connectivity index (χ0) is 50.0. The molecular weight excluding hydrogens is 921 g/mol. The zero-order valence-electron chi connectivity index (χ0n) is 38.8. The molecule has 0 spiro atoms. The molecule has 20 unspecified atom stereocenters. The predicted molar refractivity (Wildman–Crippen MR) is 230 cm³/mol. The lowest BCUT2D eigenvalue weighted by Gasteiger charge is -2.25. The van der Waals surface area contributed by atoms with Crippen molar-refractivity contribution < 1.29 is 95.3 Å². The highest BCUT2D eigenvalue weighted by Crippen LogP contribution is 2.58. The van der Waals surface area contributed by atoms with Crippen molar-refractivity contribution in [3.8, 4) is 0 Å². The van der Waals surface area contributed by atoms with Gasteiger partial charge in [0.05, 0.1) is 23.7 Å². The first kappa shape index (κ1) is 48.7. The Morgan fingerprint density at radius 2 is 0.771 bits per heavy atom. The van der Waals surface area contributed by atoms with Gasteiger partial charge < -0.3 is 47.4 Å². The fourth-order valence-electron chi connectivity index (χ4n) is 13.5. The molecule has 4 aliphatic heterocycles. The topological polar surface area (TPSA) is 263 Å². The first-order valence-electron chi connectivity index (χ1n) is 23.9. The van der Waals surface area contributed by atoms with Crippen molar-refractivity contribution in [2.45, 2.75) is 114 Å². The Hall–Kier alpha value is -6.34. The third kappa shape index (κ3) is 8.90. The summed E-state index contributed by atoms with van der Waals surface area (Å²) < 4.78 is 51.6. The van der Waals surface area contributed by atoms with Gasteiger partial charge in [-0.15, -0.1) is 0 Å². The van der Waals surface area contributed by atoms with Crippen LogP contribution in [-0.4, -0.2) is 122 Å². The van der Waals surface area contributed by atoms with Crippen molar-refractivity contribution in [1.29, 1.82) is 0 Å². The summed E-state index contributed by atoms with van der Waals surface area (Å²) in [5.74, 6) is -1.87. The number of esters is 10. The van der Waals surface area contributed by atoms with E-state index in [-0.39, 0.29) is 137 Å². The van der Waals surface area contributed by atoms with Crippen molar-refractivity contribution >= 4 is 59.7 Å². The van der Waals surface area contributed by atoms with Crippen LogP contribution in [0.4, 0.5) is 0 Å². The molecule has 0 aromatic heterocycles. The molecule has 20 nitrogen and oxygen atoms in total. The van der Waals surface area contributed by atoms with Crippen molar-refractivity contribution in [3.05, 3.63) is 49.6 Å². The fraction of sp³-hybridized carbons (Fsp3) is 0.640. The molecule has 4 heterocycles. The summed E-state index contributed by atoms with van der Waals surface area (Å²) in [6.45, 7) is 15.8. The molecule has 8 bridgehead atoms. The predicted octanol–water partition coefficient (Wildman–Crippen LogP) is 2.53. The average Bonchev–Trinajstić information content (AvgIpc) is 4.20. The first-order chi connectivity index (χ1) is 33.3. The molecule has 0 N–H and O–H groups in total. The Morgan fingerprint density at radius 1 is 0.457 bits per heavy atom. The van der Waals surface area contributed by atoms with Gasteiger partial charge >= 0.3 is 59.7 Å². The average molecular weight is 977 g/mol. The lowest BCUT2D eigenvalue weighted by Crippen LogP contribution is -2.37. The molecular formula is C50H56O20. The van der Waals surface area contributed by atoms with Gasteiger partial charge in [-0.05, 0) is 65.2 Å². The van der Waals surface area contributed by atoms with Crippen LogP contribution in [0.5, 0.6) is 0 Å². The van der Waals surface area contributed by atoms with Crippen molar-refractivity contribution in [2.75, 3.05) is 13.2 Å². The summed E-state index contributed by atoms with van der Waals surface area (Å²) >= 11 is 0. The summed E-state index contributed by atoms with van der Waals surface area (Å²) in [5, 5.41) is 0. The van der Waals surface area contributed by atoms with Gasteiger partial charge in [-0.2, -0.15) is 0 Å². The van der Waals surface area contributed by atoms with Gasteiger partial charge in [0.1, 0.15) is 48.8 Å². The zero-order valence-corrected chi connectivity index (χ0v) is 38.8. The van der Waals surface area contributed by atoms with E-state index in [2.05, 4.69) is 31.1 Å². The fourth-order valence-corrected chi connectivity index (χ4v) is 13.5. The molecule has 376 valence electrons. The molecule has 12 fully saturated rings. The highest BCUT2D eigenvalue weighted by atomic mass is 16.6. The van der Waals surface area contributed by atoms with Gasteiger partial charge in [-0.1, -0.05) is 26.3 Å². The lowest BCUT2D eigenvalue weighted by molar-refractivity contribution is -0.168. The van der Waals surface area contributed by atoms with Gasteiger partial charge in [0, 0.05) is 70.6 Å². The highest BCUT2D eigenvalue weighted by molar-refractivity contribution is 5.89. The van der Waals surface area contributed by atoms with Crippen LogP contribution in [0.25, 0.3) is 0 Å². The monoisotopic (exact) mass is 976 g/mol. The molecule has 0 aromatic rings. The van der Waals surface area contributed by atoms with Crippen LogP contribution in [-0.2, 0) is 95.3 Å². The number of ether oxygens (including phenoxy) is 10. The third-order valence-corrected chi connectivity index (χ3v) is 16.4. The van der Waals surface area contributed by atoms with E-state index in [1.807, 2.05) is 0 Å². The maximum absolute atomic E-state index is 11.7. The number of hydrogen-bond acceptors (Lipinski definition) is 20. The van der Waals surface area contributed by atoms with Gasteiger partial charge in [-0.3, -0.25) is 19.2 Å². The molecule has 0 aromatic carbocycles. The van der Waals surface area contributed by atoms with Crippen molar-refractivity contribution in [1.82, 2.24) is 0 Å². The summed E-state index contributed by atoms with van der Waals surface area (Å²) in [6, 6.07) is 0. The minimum absolute atomic E-state index is 0.0106. The van der Waals surface area contributed by atoms with E-state index in [0.717, 1.165) is 63.5 Å². The van der Waals surface area contributed by atoms with Gasteiger partial charge in [0.25, 0.3) is 0 Å². The second-order valence-corrected chi connectivity index (χ2v) is 20.4. The first-order valence-corrected chi connectivity index (χ1v) is 23.9. The maximum Gasteiger partial charge on any atom is 0.344 e. The maximum atomic E-state index is 11.7. The normalized spacial score (nSPS) is 40.4. The second kappa shape index (κ2) is 19.1. The minimum Gasteiger partial charge on any atom is -0.458 e. The van der Waals surface area contributed by atoms with Crippen LogP contribution in [0.3, 0.4) is 0 Å². The van der Waals surface area contributed by atoms with Crippen LogP contribution in [0.2, 0.25) is 0 Å². The number of carbonyl (C=O) groups excluding carboxylic acids is 10. The molecule has 12 rings (SSSR count). The number of rotatable bonds is 12. The summed E-state index contributed by atoms with van der Waals surface area (Å²) in [5.41, 5.74) is 0.619. The van der Waals surface area contributed by atoms with E-state index >= 15 is 0 Å². The third-order valence-electron chi connectivity index (χ3n) is 16.4. The Kier molecular flexibility index (Phi) is 13.3. The second-order valence-electron chi connectivity index (χ2n) is 20.4. The largest absolute Gasteiger partial charge is 0.458 e. The van der Waals surface area contributed by atoms with E-state index in [0.29, 0.717) is 17.4 Å². The molecule has 20 atom stereocenters. The van der Waals surface area contributed by atoms with Crippen LogP contribution in [0, 0.1) is 71.0 Å². The molecule has 0 amide bonds. The molecule has 12 aliphatic rings. The molecule has 70 heavy (non-hydrogen) atoms. The standard InChI is InChI=1S/C14H16O6.C13H14O6.C12H14O4.C11H12O4/c1-6(2)13(16)18-5-10(15)19-11-7-3-8-9(4-7)14(17)20-12(8)11;1-2-9(14)17-5-10(15)18-11-6-3-7-8(4-6)13(16)19-12(7)11;1-5(2)11(13)15-9-6-3-7-8(4-6)12(14)16-10(7)9;1-2-8(12)14-9-5-3-6-7(4-5)11(13)15-10(6)9/h7-9,11-12H,1,3-5H2,2H3;2,6-8,11-12H,1,3-5H2;6-10H,1,3-4H2,2H3;2,5-7,9-10H,1,3-4H2. The highest BCUT2D eigenvalue weighted by Gasteiger charge is 2.66. The van der Waals surface area contributed by atoms with Gasteiger partial charge in [-0.25, -0.2) is 28.8 Å². The smallest absolute Gasteiger partial charge is 0.344 e. The van der Waals surface area contributed by atoms with Crippen LogP contribution in [0.1, 0.15) is 65.2 Å². The van der Waals surface area contributed by atoms with Crippen molar-refractivity contribution in [2.24, 2.45) is 71.0 Å².